The molecule has 0 N–H and O–H groups in total. The summed E-state index contributed by atoms with van der Waals surface area (Å²) in [5, 5.41) is 3.30. The number of hydrogen-bond donors (Lipinski definition) is 0. The average Bonchev–Trinajstić information content (AvgIpc) is 2.84. The summed E-state index contributed by atoms with van der Waals surface area (Å²) in [5.74, 6) is 1.17. The van der Waals surface area contributed by atoms with Crippen molar-refractivity contribution in [2.45, 2.75) is 39.1 Å². The van der Waals surface area contributed by atoms with Gasteiger partial charge < -0.3 is 4.90 Å². The Labute approximate surface area is 132 Å². The highest BCUT2D eigenvalue weighted by Gasteiger charge is 2.22. The molecule has 0 spiro atoms. The van der Waals surface area contributed by atoms with E-state index < -0.39 is 0 Å². The summed E-state index contributed by atoms with van der Waals surface area (Å²) in [4.78, 5) is 9.50. The molecular formula is C15H28ClN3S. The predicted octanol–water partition coefficient (Wildman–Crippen LogP) is 3.85. The van der Waals surface area contributed by atoms with Crippen LogP contribution in [0.5, 0.6) is 0 Å². The maximum absolute atomic E-state index is 5.88. The van der Waals surface area contributed by atoms with Gasteiger partial charge in [0.05, 0.1) is 17.6 Å². The highest BCUT2D eigenvalue weighted by atomic mass is 35.5. The van der Waals surface area contributed by atoms with E-state index in [1.165, 1.54) is 5.01 Å². The van der Waals surface area contributed by atoms with Gasteiger partial charge in [0.25, 0.3) is 0 Å². The van der Waals surface area contributed by atoms with Gasteiger partial charge in [0.1, 0.15) is 5.01 Å². The molecule has 0 radical (unpaired) electrons. The summed E-state index contributed by atoms with van der Waals surface area (Å²) in [6.45, 7) is 10.1. The largest absolute Gasteiger partial charge is 0.308 e. The van der Waals surface area contributed by atoms with Crippen LogP contribution in [0.15, 0.2) is 5.38 Å². The number of nitrogens with zero attached hydrogens (tertiary/aromatic N) is 3. The van der Waals surface area contributed by atoms with Crippen LogP contribution in [-0.4, -0.2) is 48.5 Å². The third kappa shape index (κ3) is 5.68. The Hall–Kier alpha value is -0.160. The van der Waals surface area contributed by atoms with E-state index in [9.17, 15) is 0 Å². The lowest BCUT2D eigenvalue weighted by Crippen LogP contribution is -2.37. The molecule has 0 saturated carbocycles. The van der Waals surface area contributed by atoms with Crippen molar-refractivity contribution in [2.24, 2.45) is 5.92 Å². The van der Waals surface area contributed by atoms with E-state index in [0.717, 1.165) is 31.7 Å². The van der Waals surface area contributed by atoms with Gasteiger partial charge in [0.2, 0.25) is 0 Å². The lowest BCUT2D eigenvalue weighted by atomic mass is 10.1. The van der Waals surface area contributed by atoms with Gasteiger partial charge in [-0.05, 0) is 26.4 Å². The molecule has 1 aromatic heterocycles. The normalized spacial score (nSPS) is 13.7. The van der Waals surface area contributed by atoms with Crippen LogP contribution in [0.3, 0.4) is 0 Å². The summed E-state index contributed by atoms with van der Waals surface area (Å²) in [5.41, 5.74) is 1.00. The van der Waals surface area contributed by atoms with Gasteiger partial charge in [-0.15, -0.1) is 22.9 Å². The molecule has 1 rings (SSSR count). The molecule has 1 atom stereocenters. The molecule has 1 aromatic rings. The zero-order valence-corrected chi connectivity index (χ0v) is 15.0. The molecule has 20 heavy (non-hydrogen) atoms. The lowest BCUT2D eigenvalue weighted by molar-refractivity contribution is 0.156. The smallest absolute Gasteiger partial charge is 0.110 e. The molecule has 1 unspecified atom stereocenters. The first-order chi connectivity index (χ1) is 9.47. The van der Waals surface area contributed by atoms with E-state index in [4.69, 9.17) is 11.6 Å². The molecule has 0 bridgehead atoms. The number of alkyl halides is 1. The van der Waals surface area contributed by atoms with Crippen molar-refractivity contribution in [3.05, 3.63) is 16.1 Å². The Bertz CT molecular complexity index is 379. The van der Waals surface area contributed by atoms with Gasteiger partial charge in [-0.1, -0.05) is 20.8 Å². The third-order valence-corrected chi connectivity index (χ3v) is 4.52. The molecule has 0 aromatic carbocycles. The van der Waals surface area contributed by atoms with Crippen molar-refractivity contribution in [3.63, 3.8) is 0 Å². The number of aromatic nitrogens is 1. The van der Waals surface area contributed by atoms with Crippen LogP contribution < -0.4 is 0 Å². The van der Waals surface area contributed by atoms with Crippen LogP contribution in [0.1, 0.15) is 43.9 Å². The molecule has 0 fully saturated rings. The molecule has 116 valence electrons. The molecule has 0 aliphatic carbocycles. The standard InChI is InChI=1S/C15H28ClN3S/c1-6-14(15-17-13(9-16)11-20-15)19(10-12(2)3)8-7-18(4)5/h11-12,14H,6-10H2,1-5H3. The first kappa shape index (κ1) is 17.9. The molecule has 0 saturated heterocycles. The molecule has 0 aliphatic rings. The second-order valence-electron chi connectivity index (χ2n) is 5.93. The van der Waals surface area contributed by atoms with Gasteiger partial charge in [-0.3, -0.25) is 4.90 Å². The van der Waals surface area contributed by atoms with E-state index in [2.05, 4.69) is 55.0 Å². The van der Waals surface area contributed by atoms with Gasteiger partial charge in [-0.25, -0.2) is 4.98 Å². The van der Waals surface area contributed by atoms with E-state index in [1.807, 2.05) is 0 Å². The van der Waals surface area contributed by atoms with Crippen molar-refractivity contribution in [2.75, 3.05) is 33.7 Å². The van der Waals surface area contributed by atoms with Crippen molar-refractivity contribution in [3.8, 4) is 0 Å². The van der Waals surface area contributed by atoms with Gasteiger partial charge in [0.15, 0.2) is 0 Å². The minimum atomic E-state index is 0.416. The first-order valence-corrected chi connectivity index (χ1v) is 8.78. The first-order valence-electron chi connectivity index (χ1n) is 7.36. The highest BCUT2D eigenvalue weighted by Crippen LogP contribution is 2.28. The van der Waals surface area contributed by atoms with Gasteiger partial charge in [-0.2, -0.15) is 0 Å². The van der Waals surface area contributed by atoms with Crippen LogP contribution in [0.25, 0.3) is 0 Å². The van der Waals surface area contributed by atoms with Crippen LogP contribution >= 0.6 is 22.9 Å². The zero-order chi connectivity index (χ0) is 15.1. The van der Waals surface area contributed by atoms with Crippen molar-refractivity contribution in [1.82, 2.24) is 14.8 Å². The summed E-state index contributed by atoms with van der Waals surface area (Å²) in [6.07, 6.45) is 1.09. The van der Waals surface area contributed by atoms with Crippen molar-refractivity contribution >= 4 is 22.9 Å². The SMILES string of the molecule is CCC(c1nc(CCl)cs1)N(CCN(C)C)CC(C)C. The van der Waals surface area contributed by atoms with E-state index in [-0.39, 0.29) is 0 Å². The zero-order valence-electron chi connectivity index (χ0n) is 13.4. The fourth-order valence-corrected chi connectivity index (χ4v) is 3.56. The van der Waals surface area contributed by atoms with Crippen LogP contribution in [-0.2, 0) is 5.88 Å². The average molecular weight is 318 g/mol. The number of thiazole rings is 1. The quantitative estimate of drug-likeness (QED) is 0.645. The second-order valence-corrected chi connectivity index (χ2v) is 7.08. The molecule has 5 heteroatoms. The maximum atomic E-state index is 5.88. The van der Waals surface area contributed by atoms with Crippen molar-refractivity contribution in [1.29, 1.82) is 0 Å². The lowest BCUT2D eigenvalue weighted by Gasteiger charge is -2.32. The summed E-state index contributed by atoms with van der Waals surface area (Å²) in [7, 11) is 4.26. The summed E-state index contributed by atoms with van der Waals surface area (Å²) >= 11 is 7.62. The Morgan fingerprint density at radius 1 is 1.30 bits per heavy atom. The molecule has 0 amide bonds. The second kappa shape index (κ2) is 8.98. The highest BCUT2D eigenvalue weighted by molar-refractivity contribution is 7.09. The van der Waals surface area contributed by atoms with E-state index >= 15 is 0 Å². The fourth-order valence-electron chi connectivity index (χ4n) is 2.30. The topological polar surface area (TPSA) is 19.4 Å². The van der Waals surface area contributed by atoms with E-state index in [0.29, 0.717) is 17.8 Å². The molecular weight excluding hydrogens is 290 g/mol. The van der Waals surface area contributed by atoms with Crippen LogP contribution in [0.4, 0.5) is 0 Å². The number of hydrogen-bond acceptors (Lipinski definition) is 4. The van der Waals surface area contributed by atoms with Gasteiger partial charge in [0, 0.05) is 25.0 Å². The molecule has 3 nitrogen and oxygen atoms in total. The number of likely N-dealkylation sites (N-methyl/N-ethyl adjacent to an activating group) is 1. The number of halogens is 1. The molecule has 0 aliphatic heterocycles. The van der Waals surface area contributed by atoms with E-state index in [1.54, 1.807) is 11.3 Å². The predicted molar refractivity (Wildman–Crippen MR) is 89.7 cm³/mol. The third-order valence-electron chi connectivity index (χ3n) is 3.25. The van der Waals surface area contributed by atoms with Crippen molar-refractivity contribution < 1.29 is 0 Å². The van der Waals surface area contributed by atoms with Crippen LogP contribution in [0.2, 0.25) is 0 Å². The maximum Gasteiger partial charge on any atom is 0.110 e. The number of rotatable bonds is 9. The fraction of sp³-hybridized carbons (Fsp3) is 0.800. The van der Waals surface area contributed by atoms with Crippen LogP contribution in [0, 0.1) is 5.92 Å². The Morgan fingerprint density at radius 2 is 2.00 bits per heavy atom. The Balaban J connectivity index is 2.82. The monoisotopic (exact) mass is 317 g/mol. The minimum absolute atomic E-state index is 0.416. The molecule has 1 heterocycles. The summed E-state index contributed by atoms with van der Waals surface area (Å²) in [6, 6.07) is 0.416. The summed E-state index contributed by atoms with van der Waals surface area (Å²) < 4.78 is 0. The van der Waals surface area contributed by atoms with Gasteiger partial charge >= 0.3 is 0 Å². The minimum Gasteiger partial charge on any atom is -0.308 e. The Morgan fingerprint density at radius 3 is 2.45 bits per heavy atom. The Kier molecular flexibility index (Phi) is 8.03.